The molecule has 0 fully saturated rings. The smallest absolute Gasteiger partial charge is 0.243 e. The minimum Gasteiger partial charge on any atom is -0.493 e. The number of benzene rings is 1. The van der Waals surface area contributed by atoms with E-state index in [1.807, 2.05) is 18.2 Å². The van der Waals surface area contributed by atoms with Gasteiger partial charge in [-0.15, -0.1) is 24.0 Å². The van der Waals surface area contributed by atoms with Crippen molar-refractivity contribution in [3.05, 3.63) is 29.8 Å². The molecule has 24 heavy (non-hydrogen) atoms. The van der Waals surface area contributed by atoms with Crippen molar-refractivity contribution in [1.29, 1.82) is 0 Å². The summed E-state index contributed by atoms with van der Waals surface area (Å²) >= 11 is 0. The number of nitrogens with zero attached hydrogens (tertiary/aromatic N) is 2. The van der Waals surface area contributed by atoms with Gasteiger partial charge in [-0.1, -0.05) is 25.1 Å². The summed E-state index contributed by atoms with van der Waals surface area (Å²) in [7, 11) is 3.47. The monoisotopic (exact) mass is 446 g/mol. The van der Waals surface area contributed by atoms with Crippen molar-refractivity contribution in [3.63, 3.8) is 0 Å². The second-order valence-corrected chi connectivity index (χ2v) is 5.75. The number of amides is 1. The molecule has 0 bridgehead atoms. The van der Waals surface area contributed by atoms with E-state index < -0.39 is 0 Å². The molecule has 1 atom stereocenters. The van der Waals surface area contributed by atoms with Crippen LogP contribution in [0, 0.1) is 0 Å². The van der Waals surface area contributed by atoms with Crippen LogP contribution in [-0.4, -0.2) is 50.6 Å². The molecule has 1 heterocycles. The molecule has 0 spiro atoms. The fraction of sp³-hybridized carbons (Fsp3) is 0.529. The summed E-state index contributed by atoms with van der Waals surface area (Å²) in [6, 6.07) is 8.16. The summed E-state index contributed by atoms with van der Waals surface area (Å²) in [6.07, 6.45) is 1.86. The number of fused-ring (bicyclic) bond motifs is 1. The quantitative estimate of drug-likeness (QED) is 0.414. The van der Waals surface area contributed by atoms with Crippen molar-refractivity contribution >= 4 is 35.8 Å². The van der Waals surface area contributed by atoms with Crippen LogP contribution >= 0.6 is 24.0 Å². The predicted octanol–water partition coefficient (Wildman–Crippen LogP) is 2.16. The first-order valence-electron chi connectivity index (χ1n) is 8.08. The Labute approximate surface area is 161 Å². The van der Waals surface area contributed by atoms with Gasteiger partial charge in [0.05, 0.1) is 12.6 Å². The van der Waals surface area contributed by atoms with Gasteiger partial charge in [-0.2, -0.15) is 0 Å². The van der Waals surface area contributed by atoms with E-state index in [-0.39, 0.29) is 42.5 Å². The van der Waals surface area contributed by atoms with Crippen LogP contribution in [0.15, 0.2) is 29.3 Å². The molecule has 2 N–H and O–H groups in total. The molecule has 0 saturated carbocycles. The molecule has 7 heteroatoms. The molecule has 0 aliphatic carbocycles. The molecule has 0 aromatic heterocycles. The van der Waals surface area contributed by atoms with Crippen LogP contribution < -0.4 is 15.4 Å². The number of para-hydroxylation sites is 1. The van der Waals surface area contributed by atoms with E-state index in [0.717, 1.165) is 30.7 Å². The Bertz CT molecular complexity index is 563. The number of aliphatic imine (C=N–C) groups is 1. The number of nitrogens with one attached hydrogen (secondary N) is 2. The lowest BCUT2D eigenvalue weighted by molar-refractivity contribution is -0.127. The van der Waals surface area contributed by atoms with E-state index in [1.54, 1.807) is 19.0 Å². The maximum Gasteiger partial charge on any atom is 0.243 e. The van der Waals surface area contributed by atoms with Gasteiger partial charge in [0.15, 0.2) is 5.96 Å². The number of rotatable bonds is 5. The maximum atomic E-state index is 11.8. The van der Waals surface area contributed by atoms with Gasteiger partial charge in [0, 0.05) is 32.6 Å². The number of carbonyl (C=O) groups excluding carboxylic acids is 1. The largest absolute Gasteiger partial charge is 0.493 e. The molecular weight excluding hydrogens is 419 g/mol. The molecule has 0 radical (unpaired) electrons. The number of hydrogen-bond donors (Lipinski definition) is 2. The highest BCUT2D eigenvalue weighted by Crippen LogP contribution is 2.31. The van der Waals surface area contributed by atoms with Crippen molar-refractivity contribution < 1.29 is 9.53 Å². The lowest BCUT2D eigenvalue weighted by Gasteiger charge is -2.28. The summed E-state index contributed by atoms with van der Waals surface area (Å²) in [4.78, 5) is 17.7. The van der Waals surface area contributed by atoms with Crippen molar-refractivity contribution in [2.45, 2.75) is 25.8 Å². The molecule has 1 aliphatic rings. The summed E-state index contributed by atoms with van der Waals surface area (Å²) < 4.78 is 5.68. The number of hydrogen-bond acceptors (Lipinski definition) is 3. The Hall–Kier alpha value is -1.51. The lowest BCUT2D eigenvalue weighted by Crippen LogP contribution is -2.42. The van der Waals surface area contributed by atoms with Crippen molar-refractivity contribution in [2.75, 3.05) is 33.8 Å². The number of carbonyl (C=O) groups is 1. The standard InChI is InChI=1S/C17H26N4O2.HI/c1-4-10-18-17(19-12-16(22)21(2)3)20-14-9-11-23-15-8-6-5-7-13(14)15;/h5-8,14H,4,9-12H2,1-3H3,(H2,18,19,20);1H. The number of likely N-dealkylation sites (N-methyl/N-ethyl adjacent to an activating group) is 1. The van der Waals surface area contributed by atoms with Gasteiger partial charge in [0.1, 0.15) is 12.3 Å². The van der Waals surface area contributed by atoms with Gasteiger partial charge in [0.25, 0.3) is 0 Å². The molecule has 1 aromatic carbocycles. The fourth-order valence-corrected chi connectivity index (χ4v) is 2.34. The van der Waals surface area contributed by atoms with Gasteiger partial charge >= 0.3 is 0 Å². The summed E-state index contributed by atoms with van der Waals surface area (Å²) in [5.41, 5.74) is 1.13. The normalized spacial score (nSPS) is 16.3. The molecule has 134 valence electrons. The highest BCUT2D eigenvalue weighted by atomic mass is 127. The number of halogens is 1. The topological polar surface area (TPSA) is 66.0 Å². The van der Waals surface area contributed by atoms with E-state index in [2.05, 4.69) is 28.6 Å². The first-order valence-corrected chi connectivity index (χ1v) is 8.08. The maximum absolute atomic E-state index is 11.8. The number of ether oxygens (including phenoxy) is 1. The average Bonchev–Trinajstić information content (AvgIpc) is 2.57. The molecular formula is C17H27IN4O2. The third kappa shape index (κ3) is 5.85. The second-order valence-electron chi connectivity index (χ2n) is 5.75. The predicted molar refractivity (Wildman–Crippen MR) is 107 cm³/mol. The van der Waals surface area contributed by atoms with Crippen LogP contribution in [-0.2, 0) is 4.79 Å². The Morgan fingerprint density at radius 3 is 2.83 bits per heavy atom. The first kappa shape index (κ1) is 20.5. The van der Waals surface area contributed by atoms with Gasteiger partial charge < -0.3 is 20.3 Å². The summed E-state index contributed by atoms with van der Waals surface area (Å²) in [6.45, 7) is 3.72. The molecule has 1 unspecified atom stereocenters. The molecule has 6 nitrogen and oxygen atoms in total. The fourth-order valence-electron chi connectivity index (χ4n) is 2.34. The number of guanidine groups is 1. The van der Waals surface area contributed by atoms with Gasteiger partial charge in [-0.05, 0) is 12.5 Å². The van der Waals surface area contributed by atoms with Gasteiger partial charge in [0.2, 0.25) is 5.91 Å². The van der Waals surface area contributed by atoms with E-state index in [4.69, 9.17) is 4.74 Å². The zero-order chi connectivity index (χ0) is 16.7. The van der Waals surface area contributed by atoms with E-state index >= 15 is 0 Å². The Kier molecular flexibility index (Phi) is 8.88. The first-order chi connectivity index (χ1) is 11.1. The van der Waals surface area contributed by atoms with Crippen LogP contribution in [0.3, 0.4) is 0 Å². The van der Waals surface area contributed by atoms with E-state index in [0.29, 0.717) is 12.6 Å². The van der Waals surface area contributed by atoms with Crippen molar-refractivity contribution in [3.8, 4) is 5.75 Å². The lowest BCUT2D eigenvalue weighted by atomic mass is 10.0. The minimum atomic E-state index is -0.0185. The Morgan fingerprint density at radius 2 is 2.12 bits per heavy atom. The third-order valence-electron chi connectivity index (χ3n) is 3.68. The zero-order valence-electron chi connectivity index (χ0n) is 14.5. The molecule has 2 rings (SSSR count). The molecule has 1 amide bonds. The Balaban J connectivity index is 0.00000288. The van der Waals surface area contributed by atoms with Crippen LogP contribution in [0.1, 0.15) is 31.4 Å². The third-order valence-corrected chi connectivity index (χ3v) is 3.68. The van der Waals surface area contributed by atoms with Crippen LogP contribution in [0.2, 0.25) is 0 Å². The molecule has 0 saturated heterocycles. The summed E-state index contributed by atoms with van der Waals surface area (Å²) in [5.74, 6) is 1.56. The average molecular weight is 446 g/mol. The van der Waals surface area contributed by atoms with Gasteiger partial charge in [-0.3, -0.25) is 4.79 Å². The van der Waals surface area contributed by atoms with E-state index in [9.17, 15) is 4.79 Å². The van der Waals surface area contributed by atoms with E-state index in [1.165, 1.54) is 0 Å². The van der Waals surface area contributed by atoms with Crippen LogP contribution in [0.25, 0.3) is 0 Å². The van der Waals surface area contributed by atoms with Crippen LogP contribution in [0.5, 0.6) is 5.75 Å². The zero-order valence-corrected chi connectivity index (χ0v) is 16.9. The van der Waals surface area contributed by atoms with Crippen molar-refractivity contribution in [2.24, 2.45) is 4.99 Å². The molecule has 1 aliphatic heterocycles. The highest BCUT2D eigenvalue weighted by molar-refractivity contribution is 14.0. The van der Waals surface area contributed by atoms with Gasteiger partial charge in [-0.25, -0.2) is 4.99 Å². The van der Waals surface area contributed by atoms with Crippen LogP contribution in [0.4, 0.5) is 0 Å². The second kappa shape index (κ2) is 10.4. The summed E-state index contributed by atoms with van der Waals surface area (Å²) in [5, 5.41) is 6.70. The molecule has 1 aromatic rings. The minimum absolute atomic E-state index is 0. The SMILES string of the molecule is CCCNC(=NCC(=O)N(C)C)NC1CCOc2ccccc21.I. The van der Waals surface area contributed by atoms with Crippen molar-refractivity contribution in [1.82, 2.24) is 15.5 Å². The highest BCUT2D eigenvalue weighted by Gasteiger charge is 2.21. The Morgan fingerprint density at radius 1 is 1.38 bits per heavy atom.